The molecule has 2 fully saturated rings. The number of amides is 2. The average molecular weight is 612 g/mol. The van der Waals surface area contributed by atoms with E-state index in [4.69, 9.17) is 9.47 Å². The van der Waals surface area contributed by atoms with Crippen molar-refractivity contribution in [3.63, 3.8) is 0 Å². The summed E-state index contributed by atoms with van der Waals surface area (Å²) < 4.78 is 38.7. The Morgan fingerprint density at radius 1 is 1.02 bits per heavy atom. The van der Waals surface area contributed by atoms with Crippen LogP contribution < -0.4 is 5.32 Å². The Morgan fingerprint density at radius 2 is 1.63 bits per heavy atom. The smallest absolute Gasteiger partial charge is 0.410 e. The predicted molar refractivity (Wildman–Crippen MR) is 162 cm³/mol. The first kappa shape index (κ1) is 32.4. The Bertz CT molecular complexity index is 1410. The third-order valence-corrected chi connectivity index (χ3v) is 9.29. The number of benzene rings is 2. The lowest BCUT2D eigenvalue weighted by Crippen LogP contribution is -2.48. The number of rotatable bonds is 7. The van der Waals surface area contributed by atoms with Crippen molar-refractivity contribution >= 4 is 22.0 Å². The molecule has 2 aromatic carbocycles. The van der Waals surface area contributed by atoms with Gasteiger partial charge in [-0.2, -0.15) is 9.57 Å². The van der Waals surface area contributed by atoms with E-state index in [2.05, 4.69) is 16.3 Å². The van der Waals surface area contributed by atoms with Gasteiger partial charge in [0, 0.05) is 45.8 Å². The van der Waals surface area contributed by atoms with Crippen LogP contribution in [0.5, 0.6) is 0 Å². The van der Waals surface area contributed by atoms with E-state index in [0.29, 0.717) is 45.8 Å². The molecule has 2 aromatic rings. The molecular formula is C31H41N5O6S. The van der Waals surface area contributed by atoms with Crippen LogP contribution >= 0.6 is 0 Å². The first-order valence-corrected chi connectivity index (χ1v) is 16.0. The zero-order chi connectivity index (χ0) is 31.2. The van der Waals surface area contributed by atoms with Crippen molar-refractivity contribution in [3.05, 3.63) is 54.1 Å². The molecule has 43 heavy (non-hydrogen) atoms. The summed E-state index contributed by atoms with van der Waals surface area (Å²) in [7, 11) is -1.55. The van der Waals surface area contributed by atoms with Crippen molar-refractivity contribution in [3.8, 4) is 17.2 Å². The summed E-state index contributed by atoms with van der Waals surface area (Å²) in [4.78, 5) is 29.4. The van der Waals surface area contributed by atoms with Crippen LogP contribution in [0.2, 0.25) is 0 Å². The van der Waals surface area contributed by atoms with Crippen LogP contribution in [0.3, 0.4) is 0 Å². The van der Waals surface area contributed by atoms with Gasteiger partial charge in [-0.1, -0.05) is 36.4 Å². The maximum absolute atomic E-state index is 13.0. The number of ether oxygens (including phenoxy) is 2. The van der Waals surface area contributed by atoms with E-state index in [-0.39, 0.29) is 17.9 Å². The quantitative estimate of drug-likeness (QED) is 0.506. The normalized spacial score (nSPS) is 19.6. The van der Waals surface area contributed by atoms with Crippen LogP contribution in [0.1, 0.15) is 32.8 Å². The highest BCUT2D eigenvalue weighted by Gasteiger charge is 2.31. The van der Waals surface area contributed by atoms with Gasteiger partial charge in [0.1, 0.15) is 11.6 Å². The van der Waals surface area contributed by atoms with E-state index in [1.807, 2.05) is 31.3 Å². The Kier molecular flexibility index (Phi) is 10.4. The van der Waals surface area contributed by atoms with Gasteiger partial charge in [-0.15, -0.1) is 0 Å². The predicted octanol–water partition coefficient (Wildman–Crippen LogP) is 2.87. The van der Waals surface area contributed by atoms with E-state index in [1.54, 1.807) is 45.0 Å². The van der Waals surface area contributed by atoms with Crippen LogP contribution in [0.4, 0.5) is 4.79 Å². The van der Waals surface area contributed by atoms with Gasteiger partial charge in [-0.05, 0) is 63.1 Å². The van der Waals surface area contributed by atoms with Crippen LogP contribution in [0, 0.1) is 11.3 Å². The lowest BCUT2D eigenvalue weighted by Gasteiger charge is -2.31. The molecule has 0 radical (unpaired) electrons. The molecule has 11 nitrogen and oxygen atoms in total. The van der Waals surface area contributed by atoms with Crippen molar-refractivity contribution in [2.75, 3.05) is 52.9 Å². The average Bonchev–Trinajstić information content (AvgIpc) is 3.23. The number of hydrogen-bond acceptors (Lipinski definition) is 8. The van der Waals surface area contributed by atoms with E-state index >= 15 is 0 Å². The summed E-state index contributed by atoms with van der Waals surface area (Å²) >= 11 is 0. The fraction of sp³-hybridized carbons (Fsp3) is 0.516. The molecule has 2 heterocycles. The van der Waals surface area contributed by atoms with Crippen LogP contribution in [0.25, 0.3) is 11.1 Å². The lowest BCUT2D eigenvalue weighted by atomic mass is 10.0. The van der Waals surface area contributed by atoms with Crippen molar-refractivity contribution in [1.82, 2.24) is 19.4 Å². The molecule has 0 aliphatic carbocycles. The minimum absolute atomic E-state index is 0.0447. The van der Waals surface area contributed by atoms with Crippen LogP contribution in [-0.4, -0.2) is 105 Å². The SMILES string of the molecule is CN1CCN(S(=O)(=O)c2ccc(-c3ccc(C[C@@H](C#N)NC(=O)[C@@H]4CN(C(=O)OC(C)(C)C)CCCO4)cc3)cc2)CC1. The fourth-order valence-electron chi connectivity index (χ4n) is 4.94. The van der Waals surface area contributed by atoms with Crippen molar-refractivity contribution < 1.29 is 27.5 Å². The number of hydrogen-bond donors (Lipinski definition) is 1. The minimum atomic E-state index is -3.54. The van der Waals surface area contributed by atoms with Gasteiger partial charge < -0.3 is 24.6 Å². The lowest BCUT2D eigenvalue weighted by molar-refractivity contribution is -0.133. The molecule has 2 saturated heterocycles. The van der Waals surface area contributed by atoms with Gasteiger partial charge in [-0.3, -0.25) is 4.79 Å². The molecule has 2 atom stereocenters. The Hall–Kier alpha value is -3.50. The zero-order valence-corrected chi connectivity index (χ0v) is 26.1. The number of nitrogens with zero attached hydrogens (tertiary/aromatic N) is 4. The second kappa shape index (κ2) is 13.9. The fourth-order valence-corrected chi connectivity index (χ4v) is 6.36. The summed E-state index contributed by atoms with van der Waals surface area (Å²) in [6.07, 6.45) is -0.547. The largest absolute Gasteiger partial charge is 0.444 e. The van der Waals surface area contributed by atoms with Gasteiger partial charge in [0.25, 0.3) is 5.91 Å². The summed E-state index contributed by atoms with van der Waals surface area (Å²) in [6.45, 7) is 8.50. The summed E-state index contributed by atoms with van der Waals surface area (Å²) in [5.41, 5.74) is 1.97. The highest BCUT2D eigenvalue weighted by atomic mass is 32.2. The molecule has 4 rings (SSSR count). The molecule has 2 amide bonds. The van der Waals surface area contributed by atoms with E-state index in [0.717, 1.165) is 16.7 Å². The molecule has 2 aliphatic rings. The van der Waals surface area contributed by atoms with Gasteiger partial charge in [0.05, 0.1) is 17.5 Å². The number of carbonyl (C=O) groups is 2. The maximum Gasteiger partial charge on any atom is 0.410 e. The molecule has 0 saturated carbocycles. The van der Waals surface area contributed by atoms with Gasteiger partial charge in [-0.25, -0.2) is 13.2 Å². The standard InChI is InChI=1S/C31H41N5O6S/c1-31(2,3)42-30(38)35-14-5-19-41-28(22-35)29(37)33-26(21-32)20-23-6-8-24(9-7-23)25-10-12-27(13-11-25)43(39,40)36-17-15-34(4)16-18-36/h6-13,26,28H,5,14-20,22H2,1-4H3,(H,33,37)/t26-,28-/m0/s1. The van der Waals surface area contributed by atoms with Gasteiger partial charge in [0.2, 0.25) is 10.0 Å². The molecular weight excluding hydrogens is 570 g/mol. The number of nitrogens with one attached hydrogen (secondary N) is 1. The third-order valence-electron chi connectivity index (χ3n) is 7.38. The molecule has 1 N–H and O–H groups in total. The molecule has 232 valence electrons. The summed E-state index contributed by atoms with van der Waals surface area (Å²) in [5, 5.41) is 12.5. The molecule has 0 aromatic heterocycles. The van der Waals surface area contributed by atoms with Crippen LogP contribution in [0.15, 0.2) is 53.4 Å². The van der Waals surface area contributed by atoms with Crippen molar-refractivity contribution in [2.24, 2.45) is 0 Å². The maximum atomic E-state index is 13.0. The number of sulfonamides is 1. The number of piperazine rings is 1. The number of nitriles is 1. The van der Waals surface area contributed by atoms with Gasteiger partial charge >= 0.3 is 6.09 Å². The van der Waals surface area contributed by atoms with Gasteiger partial charge in [0.15, 0.2) is 6.10 Å². The number of carbonyl (C=O) groups excluding carboxylic acids is 2. The second-order valence-corrected chi connectivity index (χ2v) is 13.9. The Balaban J connectivity index is 1.34. The van der Waals surface area contributed by atoms with E-state index in [9.17, 15) is 23.3 Å². The zero-order valence-electron chi connectivity index (χ0n) is 25.3. The van der Waals surface area contributed by atoms with Crippen molar-refractivity contribution in [2.45, 2.75) is 56.3 Å². The number of likely N-dealkylation sites (N-methyl/N-ethyl adjacent to an activating group) is 1. The summed E-state index contributed by atoms with van der Waals surface area (Å²) in [6, 6.07) is 15.8. The molecule has 2 aliphatic heterocycles. The topological polar surface area (TPSA) is 132 Å². The monoisotopic (exact) mass is 611 g/mol. The Morgan fingerprint density at radius 3 is 2.21 bits per heavy atom. The first-order valence-electron chi connectivity index (χ1n) is 14.5. The van der Waals surface area contributed by atoms with E-state index in [1.165, 1.54) is 9.21 Å². The van der Waals surface area contributed by atoms with Crippen LogP contribution in [-0.2, 0) is 30.7 Å². The second-order valence-electron chi connectivity index (χ2n) is 12.0. The van der Waals surface area contributed by atoms with Crippen molar-refractivity contribution in [1.29, 1.82) is 5.26 Å². The Labute approximate surface area is 254 Å². The van der Waals surface area contributed by atoms with E-state index < -0.39 is 39.8 Å². The first-order chi connectivity index (χ1) is 20.4. The highest BCUT2D eigenvalue weighted by molar-refractivity contribution is 7.89. The minimum Gasteiger partial charge on any atom is -0.444 e. The molecule has 0 unspecified atom stereocenters. The molecule has 0 spiro atoms. The summed E-state index contributed by atoms with van der Waals surface area (Å²) in [5.74, 6) is -0.453. The molecule has 12 heteroatoms. The molecule has 0 bridgehead atoms. The third kappa shape index (κ3) is 8.76. The highest BCUT2D eigenvalue weighted by Crippen LogP contribution is 2.24.